The Hall–Kier alpha value is -3.39. The van der Waals surface area contributed by atoms with Crippen LogP contribution in [0.2, 0.25) is 0 Å². The van der Waals surface area contributed by atoms with Gasteiger partial charge < -0.3 is 43.9 Å². The summed E-state index contributed by atoms with van der Waals surface area (Å²) in [6, 6.07) is 10.0. The zero-order valence-electron chi connectivity index (χ0n) is 23.4. The van der Waals surface area contributed by atoms with Gasteiger partial charge in [0.05, 0.1) is 71.8 Å². The van der Waals surface area contributed by atoms with E-state index in [4.69, 9.17) is 38.9 Å². The molecule has 3 rings (SSSR count). The van der Waals surface area contributed by atoms with Crippen LogP contribution in [0.4, 0.5) is 0 Å². The molecule has 3 N–H and O–H groups in total. The molecular weight excluding hydrogens is 534 g/mol. The lowest BCUT2D eigenvalue weighted by atomic mass is 10.1. The van der Waals surface area contributed by atoms with Crippen molar-refractivity contribution in [2.24, 2.45) is 5.73 Å². The number of fused-ring (bicyclic) bond motifs is 1. The number of benzene rings is 2. The number of hydrogen-bond acceptors (Lipinski definition) is 11. The van der Waals surface area contributed by atoms with E-state index in [1.54, 1.807) is 25.4 Å². The Bertz CT molecular complexity index is 1170. The average molecular weight is 574 g/mol. The normalized spacial score (nSPS) is 12.0. The number of ketones is 2. The zero-order chi connectivity index (χ0) is 29.1. The van der Waals surface area contributed by atoms with Crippen molar-refractivity contribution in [3.63, 3.8) is 0 Å². The number of carbonyl (C=O) groups excluding carboxylic acids is 2. The number of aromatic nitrogens is 2. The number of rotatable bonds is 23. The zero-order valence-corrected chi connectivity index (χ0v) is 23.4. The van der Waals surface area contributed by atoms with Gasteiger partial charge in [0, 0.05) is 36.2 Å². The van der Waals surface area contributed by atoms with Crippen molar-refractivity contribution in [3.05, 3.63) is 54.6 Å². The molecule has 0 aliphatic heterocycles. The lowest BCUT2D eigenvalue weighted by Crippen LogP contribution is -2.40. The molecule has 0 aliphatic carbocycles. The highest BCUT2D eigenvalue weighted by molar-refractivity contribution is 6.39. The number of ether oxygens (including phenoxy) is 7. The van der Waals surface area contributed by atoms with E-state index in [1.165, 1.54) is 6.33 Å². The van der Waals surface area contributed by atoms with Gasteiger partial charge in [0.1, 0.15) is 18.1 Å². The highest BCUT2D eigenvalue weighted by Gasteiger charge is 2.23. The lowest BCUT2D eigenvalue weighted by Gasteiger charge is -2.13. The number of H-pyrrole nitrogens is 1. The lowest BCUT2D eigenvalue weighted by molar-refractivity contribution is -0.138. The van der Waals surface area contributed by atoms with Gasteiger partial charge in [-0.2, -0.15) is 0 Å². The van der Waals surface area contributed by atoms with Crippen LogP contribution in [0.15, 0.2) is 48.9 Å². The topological polar surface area (TPSA) is 153 Å². The molecule has 3 aromatic rings. The minimum Gasteiger partial charge on any atom is -0.491 e. The first kappa shape index (κ1) is 32.1. The third-order valence-electron chi connectivity index (χ3n) is 5.84. The second kappa shape index (κ2) is 18.9. The molecule has 0 saturated heterocycles. The molecule has 0 fully saturated rings. The van der Waals surface area contributed by atoms with Crippen LogP contribution < -0.4 is 15.2 Å². The van der Waals surface area contributed by atoms with Crippen molar-refractivity contribution in [3.8, 4) is 11.5 Å². The Morgan fingerprint density at radius 1 is 0.780 bits per heavy atom. The molecular formula is C29H39N3O9. The SMILES string of the molecule is COCCOCCOCCOCCOCCOc1cccc2c(OCC(=O)C(=O)[C@@H](N)Cc3cnc[nH]3)cccc12. The Balaban J connectivity index is 1.33. The van der Waals surface area contributed by atoms with Crippen LogP contribution in [-0.4, -0.2) is 107 Å². The summed E-state index contributed by atoms with van der Waals surface area (Å²) in [5.74, 6) is -0.270. The standard InChI is InChI=1S/C29H39N3O9/c1-35-8-9-36-10-11-37-12-13-38-14-15-39-16-17-40-27-6-2-5-24-23(27)4-3-7-28(24)41-20-26(33)29(34)25(30)18-22-19-31-21-32-22/h2-7,19,21,25H,8-18,20,30H2,1H3,(H,31,32)/t25-/m0/s1. The molecule has 1 atom stereocenters. The Kier molecular flexibility index (Phi) is 14.8. The highest BCUT2D eigenvalue weighted by Crippen LogP contribution is 2.32. The first-order chi connectivity index (χ1) is 20.1. The van der Waals surface area contributed by atoms with Crippen LogP contribution in [0, 0.1) is 0 Å². The summed E-state index contributed by atoms with van der Waals surface area (Å²) >= 11 is 0. The molecule has 12 nitrogen and oxygen atoms in total. The molecule has 2 aromatic carbocycles. The molecule has 0 unspecified atom stereocenters. The first-order valence-corrected chi connectivity index (χ1v) is 13.5. The highest BCUT2D eigenvalue weighted by atomic mass is 16.6. The number of methoxy groups -OCH3 is 1. The van der Waals surface area contributed by atoms with Gasteiger partial charge in [0.2, 0.25) is 11.6 Å². The maximum absolute atomic E-state index is 12.4. The third kappa shape index (κ3) is 11.6. The van der Waals surface area contributed by atoms with Gasteiger partial charge in [-0.3, -0.25) is 9.59 Å². The second-order valence-corrected chi connectivity index (χ2v) is 8.86. The Morgan fingerprint density at radius 2 is 1.32 bits per heavy atom. The fourth-order valence-corrected chi connectivity index (χ4v) is 3.77. The van der Waals surface area contributed by atoms with Crippen LogP contribution in [0.5, 0.6) is 11.5 Å². The van der Waals surface area contributed by atoms with Gasteiger partial charge >= 0.3 is 0 Å². The monoisotopic (exact) mass is 573 g/mol. The van der Waals surface area contributed by atoms with Crippen molar-refractivity contribution in [1.82, 2.24) is 9.97 Å². The van der Waals surface area contributed by atoms with E-state index >= 15 is 0 Å². The number of carbonyl (C=O) groups is 2. The molecule has 0 radical (unpaired) electrons. The van der Waals surface area contributed by atoms with Crippen LogP contribution >= 0.6 is 0 Å². The Labute approximate surface area is 239 Å². The van der Waals surface area contributed by atoms with Crippen molar-refractivity contribution >= 4 is 22.3 Å². The minimum absolute atomic E-state index is 0.192. The fraction of sp³-hybridized carbons (Fsp3) is 0.483. The summed E-state index contributed by atoms with van der Waals surface area (Å²) in [6.45, 7) is 4.37. The van der Waals surface area contributed by atoms with Crippen molar-refractivity contribution in [2.75, 3.05) is 79.8 Å². The van der Waals surface area contributed by atoms with Crippen LogP contribution in [0.1, 0.15) is 5.69 Å². The Morgan fingerprint density at radius 3 is 1.85 bits per heavy atom. The summed E-state index contributed by atoms with van der Waals surface area (Å²) in [6.07, 6.45) is 3.24. The molecule has 0 amide bonds. The summed E-state index contributed by atoms with van der Waals surface area (Å²) < 4.78 is 38.3. The molecule has 0 saturated carbocycles. The van der Waals surface area contributed by atoms with Crippen LogP contribution in [-0.2, 0) is 39.7 Å². The third-order valence-corrected chi connectivity index (χ3v) is 5.84. The van der Waals surface area contributed by atoms with Crippen molar-refractivity contribution < 1.29 is 42.7 Å². The van der Waals surface area contributed by atoms with E-state index < -0.39 is 24.2 Å². The van der Waals surface area contributed by atoms with E-state index in [0.717, 1.165) is 10.8 Å². The summed E-state index contributed by atoms with van der Waals surface area (Å²) in [5, 5.41) is 1.57. The summed E-state index contributed by atoms with van der Waals surface area (Å²) in [4.78, 5) is 31.6. The minimum atomic E-state index is -0.969. The number of Topliss-reactive ketones (excluding diaryl/α,β-unsaturated/α-hetero) is 2. The van der Waals surface area contributed by atoms with Crippen LogP contribution in [0.25, 0.3) is 10.8 Å². The van der Waals surface area contributed by atoms with Gasteiger partial charge in [-0.15, -0.1) is 0 Å². The van der Waals surface area contributed by atoms with E-state index in [1.807, 2.05) is 24.3 Å². The number of aromatic amines is 1. The number of nitrogens with one attached hydrogen (secondary N) is 1. The molecule has 1 aromatic heterocycles. The first-order valence-electron chi connectivity index (χ1n) is 13.5. The van der Waals surface area contributed by atoms with E-state index in [2.05, 4.69) is 9.97 Å². The van der Waals surface area contributed by atoms with Crippen molar-refractivity contribution in [2.45, 2.75) is 12.5 Å². The van der Waals surface area contributed by atoms with Gasteiger partial charge in [-0.1, -0.05) is 24.3 Å². The van der Waals surface area contributed by atoms with Crippen LogP contribution in [0.3, 0.4) is 0 Å². The number of nitrogens with two attached hydrogens (primary N) is 1. The number of nitrogens with zero attached hydrogens (tertiary/aromatic N) is 1. The predicted molar refractivity (Wildman–Crippen MR) is 150 cm³/mol. The molecule has 0 aliphatic rings. The van der Waals surface area contributed by atoms with Gasteiger partial charge in [-0.05, 0) is 12.1 Å². The molecule has 224 valence electrons. The smallest absolute Gasteiger partial charge is 0.237 e. The number of imidazole rings is 1. The average Bonchev–Trinajstić information content (AvgIpc) is 3.50. The summed E-state index contributed by atoms with van der Waals surface area (Å²) in [7, 11) is 1.63. The number of hydrogen-bond donors (Lipinski definition) is 2. The second-order valence-electron chi connectivity index (χ2n) is 8.86. The van der Waals surface area contributed by atoms with E-state index in [0.29, 0.717) is 83.3 Å². The quantitative estimate of drug-likeness (QED) is 0.126. The van der Waals surface area contributed by atoms with Gasteiger partial charge in [-0.25, -0.2) is 4.98 Å². The van der Waals surface area contributed by atoms with Gasteiger partial charge in [0.25, 0.3) is 0 Å². The molecule has 1 heterocycles. The molecule has 0 spiro atoms. The maximum Gasteiger partial charge on any atom is 0.237 e. The van der Waals surface area contributed by atoms with Crippen molar-refractivity contribution in [1.29, 1.82) is 0 Å². The molecule has 41 heavy (non-hydrogen) atoms. The van der Waals surface area contributed by atoms with Gasteiger partial charge in [0.15, 0.2) is 6.61 Å². The summed E-state index contributed by atoms with van der Waals surface area (Å²) in [5.41, 5.74) is 6.58. The fourth-order valence-electron chi connectivity index (χ4n) is 3.77. The molecule has 0 bridgehead atoms. The maximum atomic E-state index is 12.4. The molecule has 12 heteroatoms. The van der Waals surface area contributed by atoms with E-state index in [9.17, 15) is 9.59 Å². The largest absolute Gasteiger partial charge is 0.491 e. The predicted octanol–water partition coefficient (Wildman–Crippen LogP) is 1.74. The van der Waals surface area contributed by atoms with E-state index in [-0.39, 0.29) is 6.42 Å².